The summed E-state index contributed by atoms with van der Waals surface area (Å²) in [5.41, 5.74) is 5.97. The van der Waals surface area contributed by atoms with E-state index in [9.17, 15) is 4.79 Å². The summed E-state index contributed by atoms with van der Waals surface area (Å²) in [5.74, 6) is -0.415. The summed E-state index contributed by atoms with van der Waals surface area (Å²) in [6.45, 7) is 3.98. The van der Waals surface area contributed by atoms with Crippen LogP contribution in [0.2, 0.25) is 0 Å². The van der Waals surface area contributed by atoms with E-state index in [0.29, 0.717) is 0 Å². The third kappa shape index (κ3) is 5.47. The predicted octanol–water partition coefficient (Wildman–Crippen LogP) is 1.94. The van der Waals surface area contributed by atoms with Crippen LogP contribution in [0.25, 0.3) is 0 Å². The molecule has 0 aliphatic rings. The molecule has 0 radical (unpaired) electrons. The second-order valence-corrected chi connectivity index (χ2v) is 2.35. The van der Waals surface area contributed by atoms with Gasteiger partial charge in [0.15, 0.2) is 0 Å². The third-order valence-corrected chi connectivity index (χ3v) is 1.24. The van der Waals surface area contributed by atoms with Crippen LogP contribution >= 0.6 is 0 Å². The highest BCUT2D eigenvalue weighted by Crippen LogP contribution is 2.00. The van der Waals surface area contributed by atoms with E-state index in [4.69, 9.17) is 5.73 Å². The Balaban J connectivity index is 4.33. The van der Waals surface area contributed by atoms with E-state index in [2.05, 4.69) is 0 Å². The van der Waals surface area contributed by atoms with E-state index in [1.54, 1.807) is 6.08 Å². The summed E-state index contributed by atoms with van der Waals surface area (Å²) in [7, 11) is 0. The van der Waals surface area contributed by atoms with Crippen molar-refractivity contribution in [3.8, 4) is 0 Å². The highest BCUT2D eigenvalue weighted by Gasteiger charge is 1.85. The first-order chi connectivity index (χ1) is 5.70. The van der Waals surface area contributed by atoms with Gasteiger partial charge in [-0.05, 0) is 25.0 Å². The van der Waals surface area contributed by atoms with Crippen molar-refractivity contribution in [1.29, 1.82) is 0 Å². The number of nitrogens with two attached hydrogens (primary N) is 1. The molecule has 0 aromatic rings. The fraction of sp³-hybridized carbons (Fsp3) is 0.300. The van der Waals surface area contributed by atoms with E-state index in [-0.39, 0.29) is 0 Å². The molecule has 2 nitrogen and oxygen atoms in total. The lowest BCUT2D eigenvalue weighted by molar-refractivity contribution is -0.113. The first kappa shape index (κ1) is 10.7. The van der Waals surface area contributed by atoms with Crippen molar-refractivity contribution in [2.24, 2.45) is 5.73 Å². The summed E-state index contributed by atoms with van der Waals surface area (Å²) in [5, 5.41) is 0. The molecule has 66 valence electrons. The second kappa shape index (κ2) is 6.40. The van der Waals surface area contributed by atoms with E-state index in [1.165, 1.54) is 6.08 Å². The number of hydrogen-bond donors (Lipinski definition) is 1. The molecule has 0 bridgehead atoms. The quantitative estimate of drug-likeness (QED) is 0.502. The molecule has 0 heterocycles. The van der Waals surface area contributed by atoms with Crippen LogP contribution in [0.4, 0.5) is 0 Å². The number of carbonyl (C=O) groups excluding carboxylic acids is 1. The van der Waals surface area contributed by atoms with Crippen LogP contribution in [0.5, 0.6) is 0 Å². The molecule has 0 spiro atoms. The lowest BCUT2D eigenvalue weighted by atomic mass is 10.2. The predicted molar refractivity (Wildman–Crippen MR) is 51.5 cm³/mol. The maximum atomic E-state index is 10.4. The highest BCUT2D eigenvalue weighted by atomic mass is 16.1. The molecular weight excluding hydrogens is 150 g/mol. The van der Waals surface area contributed by atoms with Crippen LogP contribution in [0.3, 0.4) is 0 Å². The van der Waals surface area contributed by atoms with Gasteiger partial charge in [-0.3, -0.25) is 4.79 Å². The zero-order chi connectivity index (χ0) is 9.40. The molecule has 2 heteroatoms. The third-order valence-electron chi connectivity index (χ3n) is 1.24. The molecule has 0 fully saturated rings. The maximum Gasteiger partial charge on any atom is 0.241 e. The van der Waals surface area contributed by atoms with Crippen LogP contribution in [-0.2, 0) is 4.79 Å². The monoisotopic (exact) mass is 165 g/mol. The minimum Gasteiger partial charge on any atom is -0.366 e. The molecule has 1 amide bonds. The molecule has 0 atom stereocenters. The van der Waals surface area contributed by atoms with Gasteiger partial charge in [-0.25, -0.2) is 0 Å². The van der Waals surface area contributed by atoms with Crippen LogP contribution in [0, 0.1) is 0 Å². The number of allylic oxidation sites excluding steroid dienone is 5. The number of carbonyl (C=O) groups is 1. The Morgan fingerprint density at radius 1 is 1.33 bits per heavy atom. The van der Waals surface area contributed by atoms with Crippen LogP contribution in [0.1, 0.15) is 20.3 Å². The van der Waals surface area contributed by atoms with E-state index in [0.717, 1.165) is 12.0 Å². The normalized spacial score (nSPS) is 13.0. The average molecular weight is 165 g/mol. The van der Waals surface area contributed by atoms with Crippen LogP contribution in [0.15, 0.2) is 36.0 Å². The second-order valence-electron chi connectivity index (χ2n) is 2.35. The molecule has 0 aliphatic carbocycles. The lowest BCUT2D eigenvalue weighted by Crippen LogP contribution is -2.05. The summed E-state index contributed by atoms with van der Waals surface area (Å²) in [6.07, 6.45) is 9.91. The van der Waals surface area contributed by atoms with Gasteiger partial charge < -0.3 is 5.73 Å². The number of amides is 1. The van der Waals surface area contributed by atoms with Crippen molar-refractivity contribution in [2.75, 3.05) is 0 Å². The Morgan fingerprint density at radius 2 is 2.00 bits per heavy atom. The number of hydrogen-bond acceptors (Lipinski definition) is 1. The van der Waals surface area contributed by atoms with Gasteiger partial charge in [0, 0.05) is 6.08 Å². The van der Waals surface area contributed by atoms with E-state index in [1.807, 2.05) is 32.1 Å². The van der Waals surface area contributed by atoms with Gasteiger partial charge in [-0.2, -0.15) is 0 Å². The SMILES string of the molecule is C\C=C/C(/C=C/C(N)=O)=C\CC. The summed E-state index contributed by atoms with van der Waals surface area (Å²) >= 11 is 0. The van der Waals surface area contributed by atoms with Gasteiger partial charge in [0.25, 0.3) is 0 Å². The molecule has 12 heavy (non-hydrogen) atoms. The van der Waals surface area contributed by atoms with Gasteiger partial charge in [-0.15, -0.1) is 0 Å². The Kier molecular flexibility index (Phi) is 5.70. The minimum absolute atomic E-state index is 0.415. The van der Waals surface area contributed by atoms with Gasteiger partial charge in [-0.1, -0.05) is 25.2 Å². The average Bonchev–Trinajstić information content (AvgIpc) is 2.01. The first-order valence-electron chi connectivity index (χ1n) is 4.01. The Morgan fingerprint density at radius 3 is 2.42 bits per heavy atom. The molecule has 0 unspecified atom stereocenters. The van der Waals surface area contributed by atoms with Crippen molar-refractivity contribution in [1.82, 2.24) is 0 Å². The standard InChI is InChI=1S/C10H15NO/c1-3-5-9(6-4-2)7-8-10(11)12/h3,5-8H,4H2,1-2H3,(H2,11,12)/b5-3-,8-7+,9-6+. The molecule has 2 N–H and O–H groups in total. The van der Waals surface area contributed by atoms with Crippen molar-refractivity contribution in [3.63, 3.8) is 0 Å². The van der Waals surface area contributed by atoms with Gasteiger partial charge in [0.05, 0.1) is 0 Å². The molecule has 0 saturated carbocycles. The van der Waals surface area contributed by atoms with Crippen molar-refractivity contribution in [2.45, 2.75) is 20.3 Å². The van der Waals surface area contributed by atoms with Crippen LogP contribution in [-0.4, -0.2) is 5.91 Å². The number of rotatable bonds is 4. The largest absolute Gasteiger partial charge is 0.366 e. The maximum absolute atomic E-state index is 10.4. The van der Waals surface area contributed by atoms with Gasteiger partial charge in [0.1, 0.15) is 0 Å². The van der Waals surface area contributed by atoms with E-state index >= 15 is 0 Å². The zero-order valence-corrected chi connectivity index (χ0v) is 7.58. The summed E-state index contributed by atoms with van der Waals surface area (Å²) < 4.78 is 0. The summed E-state index contributed by atoms with van der Waals surface area (Å²) in [6, 6.07) is 0. The van der Waals surface area contributed by atoms with Crippen molar-refractivity contribution in [3.05, 3.63) is 36.0 Å². The van der Waals surface area contributed by atoms with Gasteiger partial charge in [0.2, 0.25) is 5.91 Å². The van der Waals surface area contributed by atoms with Gasteiger partial charge >= 0.3 is 0 Å². The number of primary amides is 1. The fourth-order valence-corrected chi connectivity index (χ4v) is 0.798. The molecule has 0 aromatic heterocycles. The molecule has 0 aliphatic heterocycles. The van der Waals surface area contributed by atoms with Crippen molar-refractivity contribution < 1.29 is 4.79 Å². The fourth-order valence-electron chi connectivity index (χ4n) is 0.798. The molecule has 0 rings (SSSR count). The Hall–Kier alpha value is -1.31. The first-order valence-corrected chi connectivity index (χ1v) is 4.01. The molecule has 0 saturated heterocycles. The molecule has 0 aromatic carbocycles. The van der Waals surface area contributed by atoms with Crippen molar-refractivity contribution >= 4 is 5.91 Å². The summed E-state index contributed by atoms with van der Waals surface area (Å²) in [4.78, 5) is 10.4. The van der Waals surface area contributed by atoms with Crippen LogP contribution < -0.4 is 5.73 Å². The smallest absolute Gasteiger partial charge is 0.241 e. The highest BCUT2D eigenvalue weighted by molar-refractivity contribution is 5.86. The van der Waals surface area contributed by atoms with E-state index < -0.39 is 5.91 Å². The Labute approximate surface area is 73.5 Å². The zero-order valence-electron chi connectivity index (χ0n) is 7.58. The molecular formula is C10H15NO. The Bertz CT molecular complexity index is 224. The lowest BCUT2D eigenvalue weighted by Gasteiger charge is -1.90. The minimum atomic E-state index is -0.415. The topological polar surface area (TPSA) is 43.1 Å².